The Morgan fingerprint density at radius 1 is 1.20 bits per heavy atom. The molecule has 6 heteroatoms. The van der Waals surface area contributed by atoms with E-state index >= 15 is 0 Å². The normalized spacial score (nSPS) is 16.0. The summed E-state index contributed by atoms with van der Waals surface area (Å²) in [6.45, 7) is 11.7. The number of anilines is 2. The van der Waals surface area contributed by atoms with Gasteiger partial charge in [0.25, 0.3) is 0 Å². The van der Waals surface area contributed by atoms with Gasteiger partial charge >= 0.3 is 0 Å². The first-order valence-electron chi connectivity index (χ1n) is 7.29. The van der Waals surface area contributed by atoms with E-state index in [0.29, 0.717) is 17.8 Å². The van der Waals surface area contributed by atoms with E-state index in [2.05, 4.69) is 52.9 Å². The fraction of sp³-hybridized carbons (Fsp3) is 0.786. The third-order valence-electron chi connectivity index (χ3n) is 4.25. The zero-order valence-corrected chi connectivity index (χ0v) is 13.5. The van der Waals surface area contributed by atoms with Gasteiger partial charge in [0.2, 0.25) is 17.2 Å². The van der Waals surface area contributed by atoms with Gasteiger partial charge in [0.05, 0.1) is 0 Å². The number of nitrogens with zero attached hydrogens (tertiary/aromatic N) is 4. The van der Waals surface area contributed by atoms with Crippen molar-refractivity contribution >= 4 is 23.5 Å². The minimum absolute atomic E-state index is 0.174. The summed E-state index contributed by atoms with van der Waals surface area (Å²) in [6.07, 6.45) is 2.37. The van der Waals surface area contributed by atoms with Crippen molar-refractivity contribution in [1.82, 2.24) is 15.0 Å². The second-order valence-corrected chi connectivity index (χ2v) is 6.76. The second-order valence-electron chi connectivity index (χ2n) is 6.42. The Hall–Kier alpha value is -1.10. The molecule has 0 atom stereocenters. The summed E-state index contributed by atoms with van der Waals surface area (Å²) in [7, 11) is 0. The summed E-state index contributed by atoms with van der Waals surface area (Å²) in [5.74, 6) is 1.83. The molecule has 2 heterocycles. The Morgan fingerprint density at radius 3 is 2.45 bits per heavy atom. The maximum Gasteiger partial charge on any atom is 0.231 e. The van der Waals surface area contributed by atoms with Gasteiger partial charge in [-0.05, 0) is 35.8 Å². The van der Waals surface area contributed by atoms with E-state index in [0.717, 1.165) is 19.6 Å². The molecule has 1 aliphatic rings. The molecule has 2 rings (SSSR count). The number of hydrogen-bond acceptors (Lipinski definition) is 5. The third kappa shape index (κ3) is 3.72. The van der Waals surface area contributed by atoms with Crippen LogP contribution in [0.5, 0.6) is 0 Å². The molecule has 1 aromatic heterocycles. The summed E-state index contributed by atoms with van der Waals surface area (Å²) < 4.78 is 0. The van der Waals surface area contributed by atoms with Crippen molar-refractivity contribution in [3.63, 3.8) is 0 Å². The zero-order valence-electron chi connectivity index (χ0n) is 12.8. The molecule has 0 spiro atoms. The summed E-state index contributed by atoms with van der Waals surface area (Å²) in [5.41, 5.74) is 0.174. The first-order chi connectivity index (χ1) is 9.38. The average molecular weight is 298 g/mol. The van der Waals surface area contributed by atoms with Gasteiger partial charge in [-0.3, -0.25) is 0 Å². The highest BCUT2D eigenvalue weighted by molar-refractivity contribution is 6.28. The minimum Gasteiger partial charge on any atom is -0.353 e. The summed E-state index contributed by atoms with van der Waals surface area (Å²) >= 11 is 6.01. The topological polar surface area (TPSA) is 53.9 Å². The Morgan fingerprint density at radius 2 is 1.85 bits per heavy atom. The van der Waals surface area contributed by atoms with Gasteiger partial charge in [0.1, 0.15) is 0 Å². The molecule has 0 bridgehead atoms. The molecule has 0 aromatic carbocycles. The summed E-state index contributed by atoms with van der Waals surface area (Å²) in [5, 5.41) is 3.55. The molecular formula is C14H24ClN5. The average Bonchev–Trinajstić information content (AvgIpc) is 2.89. The highest BCUT2D eigenvalue weighted by Gasteiger charge is 2.23. The molecule has 0 radical (unpaired) electrons. The van der Waals surface area contributed by atoms with Crippen molar-refractivity contribution in [2.75, 3.05) is 29.9 Å². The van der Waals surface area contributed by atoms with Crippen LogP contribution in [0.25, 0.3) is 0 Å². The van der Waals surface area contributed by atoms with E-state index in [4.69, 9.17) is 11.6 Å². The van der Waals surface area contributed by atoms with Crippen molar-refractivity contribution in [1.29, 1.82) is 0 Å². The first kappa shape index (κ1) is 15.3. The third-order valence-corrected chi connectivity index (χ3v) is 4.42. The van der Waals surface area contributed by atoms with Crippen LogP contribution >= 0.6 is 11.6 Å². The highest BCUT2D eigenvalue weighted by atomic mass is 35.5. The molecular weight excluding hydrogens is 274 g/mol. The van der Waals surface area contributed by atoms with E-state index in [1.54, 1.807) is 0 Å². The van der Waals surface area contributed by atoms with Crippen LogP contribution in [0.1, 0.15) is 40.5 Å². The predicted molar refractivity (Wildman–Crippen MR) is 83.4 cm³/mol. The molecule has 20 heavy (non-hydrogen) atoms. The monoisotopic (exact) mass is 297 g/mol. The van der Waals surface area contributed by atoms with Gasteiger partial charge in [0.15, 0.2) is 0 Å². The molecule has 0 saturated carbocycles. The maximum absolute atomic E-state index is 6.01. The summed E-state index contributed by atoms with van der Waals surface area (Å²) in [6, 6.07) is 0. The van der Waals surface area contributed by atoms with Crippen LogP contribution in [0.2, 0.25) is 5.28 Å². The molecule has 1 N–H and O–H groups in total. The fourth-order valence-electron chi connectivity index (χ4n) is 1.99. The van der Waals surface area contributed by atoms with E-state index in [-0.39, 0.29) is 10.7 Å². The molecule has 0 amide bonds. The Kier molecular flexibility index (Phi) is 4.68. The smallest absolute Gasteiger partial charge is 0.231 e. The number of aromatic nitrogens is 3. The van der Waals surface area contributed by atoms with Gasteiger partial charge < -0.3 is 10.2 Å². The van der Waals surface area contributed by atoms with Gasteiger partial charge in [-0.2, -0.15) is 15.0 Å². The number of halogens is 1. The molecule has 1 aromatic rings. The van der Waals surface area contributed by atoms with Gasteiger partial charge in [-0.25, -0.2) is 0 Å². The minimum atomic E-state index is 0.174. The SMILES string of the molecule is CC(C)C(C)(C)CNc1nc(Cl)nc(N2CCCC2)n1. The molecule has 0 unspecified atom stereocenters. The van der Waals surface area contributed by atoms with Crippen molar-refractivity contribution in [3.05, 3.63) is 5.28 Å². The molecule has 1 saturated heterocycles. The lowest BCUT2D eigenvalue weighted by Gasteiger charge is -2.29. The molecule has 112 valence electrons. The van der Waals surface area contributed by atoms with Crippen LogP contribution in [0.4, 0.5) is 11.9 Å². The van der Waals surface area contributed by atoms with Crippen LogP contribution in [-0.2, 0) is 0 Å². The Labute approximate surface area is 126 Å². The van der Waals surface area contributed by atoms with Crippen molar-refractivity contribution in [2.24, 2.45) is 11.3 Å². The van der Waals surface area contributed by atoms with E-state index in [9.17, 15) is 0 Å². The quantitative estimate of drug-likeness (QED) is 0.904. The Bertz CT molecular complexity index is 455. The lowest BCUT2D eigenvalue weighted by Crippen LogP contribution is -2.29. The first-order valence-corrected chi connectivity index (χ1v) is 7.67. The van der Waals surface area contributed by atoms with Gasteiger partial charge in [0, 0.05) is 19.6 Å². The maximum atomic E-state index is 6.01. The van der Waals surface area contributed by atoms with Crippen molar-refractivity contribution < 1.29 is 0 Å². The lowest BCUT2D eigenvalue weighted by atomic mass is 9.81. The summed E-state index contributed by atoms with van der Waals surface area (Å²) in [4.78, 5) is 15.0. The van der Waals surface area contributed by atoms with Crippen LogP contribution in [0.3, 0.4) is 0 Å². The van der Waals surface area contributed by atoms with Crippen molar-refractivity contribution in [2.45, 2.75) is 40.5 Å². The van der Waals surface area contributed by atoms with E-state index in [1.807, 2.05) is 0 Å². The van der Waals surface area contributed by atoms with Crippen LogP contribution in [0.15, 0.2) is 0 Å². The molecule has 1 fully saturated rings. The van der Waals surface area contributed by atoms with Crippen molar-refractivity contribution in [3.8, 4) is 0 Å². The standard InChI is InChI=1S/C14H24ClN5/c1-10(2)14(3,4)9-16-12-17-11(15)18-13(19-12)20-7-5-6-8-20/h10H,5-9H2,1-4H3,(H,16,17,18,19). The number of rotatable bonds is 5. The Balaban J connectivity index is 2.08. The van der Waals surface area contributed by atoms with Gasteiger partial charge in [-0.15, -0.1) is 0 Å². The lowest BCUT2D eigenvalue weighted by molar-refractivity contribution is 0.269. The molecule has 1 aliphatic heterocycles. The van der Waals surface area contributed by atoms with E-state index < -0.39 is 0 Å². The molecule has 5 nitrogen and oxygen atoms in total. The highest BCUT2D eigenvalue weighted by Crippen LogP contribution is 2.26. The number of hydrogen-bond donors (Lipinski definition) is 1. The second kappa shape index (κ2) is 6.12. The van der Waals surface area contributed by atoms with Gasteiger partial charge in [-0.1, -0.05) is 27.7 Å². The number of nitrogens with one attached hydrogen (secondary N) is 1. The fourth-order valence-corrected chi connectivity index (χ4v) is 2.14. The zero-order chi connectivity index (χ0) is 14.8. The van der Waals surface area contributed by atoms with E-state index in [1.165, 1.54) is 12.8 Å². The van der Waals surface area contributed by atoms with Crippen LogP contribution in [-0.4, -0.2) is 34.6 Å². The van der Waals surface area contributed by atoms with Crippen LogP contribution in [0, 0.1) is 11.3 Å². The van der Waals surface area contributed by atoms with Crippen LogP contribution < -0.4 is 10.2 Å². The largest absolute Gasteiger partial charge is 0.353 e. The molecule has 0 aliphatic carbocycles. The predicted octanol–water partition coefficient (Wildman–Crippen LogP) is 3.22.